The van der Waals surface area contributed by atoms with Crippen molar-refractivity contribution in [3.8, 4) is 17.0 Å². The third kappa shape index (κ3) is 4.99. The lowest BCUT2D eigenvalue weighted by atomic mass is 9.84. The van der Waals surface area contributed by atoms with E-state index >= 15 is 0 Å². The molecule has 0 unspecified atom stereocenters. The summed E-state index contributed by atoms with van der Waals surface area (Å²) in [5.74, 6) is -0.662. The van der Waals surface area contributed by atoms with Crippen molar-refractivity contribution in [1.82, 2.24) is 24.7 Å². The van der Waals surface area contributed by atoms with E-state index in [1.807, 2.05) is 10.9 Å². The number of halogens is 2. The van der Waals surface area contributed by atoms with Crippen LogP contribution in [0.2, 0.25) is 0 Å². The molecule has 210 valence electrons. The highest BCUT2D eigenvalue weighted by Crippen LogP contribution is 2.38. The molecule has 2 aliphatic rings. The molecule has 0 radical (unpaired) electrons. The Morgan fingerprint density at radius 3 is 2.38 bits per heavy atom. The van der Waals surface area contributed by atoms with Crippen molar-refractivity contribution in [2.75, 3.05) is 18.0 Å². The van der Waals surface area contributed by atoms with Crippen molar-refractivity contribution in [2.45, 2.75) is 69.8 Å². The first-order valence-corrected chi connectivity index (χ1v) is 13.5. The number of pyridine rings is 1. The summed E-state index contributed by atoms with van der Waals surface area (Å²) in [5, 5.41) is 26.1. The van der Waals surface area contributed by atoms with E-state index in [-0.39, 0.29) is 17.5 Å². The lowest BCUT2D eigenvalue weighted by molar-refractivity contribution is -0.127. The van der Waals surface area contributed by atoms with Gasteiger partial charge in [-0.2, -0.15) is 5.10 Å². The molecule has 0 spiro atoms. The molecule has 0 amide bonds. The Hall–Kier alpha value is -3.70. The quantitative estimate of drug-likeness (QED) is 0.346. The van der Waals surface area contributed by atoms with Gasteiger partial charge in [-0.15, -0.1) is 0 Å². The smallest absolute Gasteiger partial charge is 0.167 e. The van der Waals surface area contributed by atoms with E-state index in [1.54, 1.807) is 18.5 Å². The predicted molar refractivity (Wildman–Crippen MR) is 145 cm³/mol. The maximum Gasteiger partial charge on any atom is 0.167 e. The zero-order valence-corrected chi connectivity index (χ0v) is 22.7. The molecule has 2 N–H and O–H groups in total. The van der Waals surface area contributed by atoms with Crippen molar-refractivity contribution < 1.29 is 23.7 Å². The summed E-state index contributed by atoms with van der Waals surface area (Å²) in [4.78, 5) is 16.4. The zero-order valence-electron chi connectivity index (χ0n) is 22.7. The Labute approximate surface area is 230 Å². The first kappa shape index (κ1) is 26.5. The van der Waals surface area contributed by atoms with Crippen molar-refractivity contribution >= 4 is 16.9 Å². The summed E-state index contributed by atoms with van der Waals surface area (Å²) in [7, 11) is 0. The van der Waals surface area contributed by atoms with Crippen molar-refractivity contribution in [1.29, 1.82) is 0 Å². The van der Waals surface area contributed by atoms with E-state index in [2.05, 4.69) is 15.0 Å². The molecule has 4 heterocycles. The van der Waals surface area contributed by atoms with Crippen LogP contribution in [-0.2, 0) is 5.60 Å². The molecular weight excluding hydrogens is 518 g/mol. The first-order chi connectivity index (χ1) is 19.0. The molecule has 1 saturated heterocycles. The Morgan fingerprint density at radius 2 is 1.70 bits per heavy atom. The number of rotatable bonds is 7. The highest BCUT2D eigenvalue weighted by molar-refractivity contribution is 5.83. The number of hydrogen-bond acceptors (Lipinski definition) is 8. The van der Waals surface area contributed by atoms with E-state index in [4.69, 9.17) is 14.7 Å². The van der Waals surface area contributed by atoms with Crippen LogP contribution < -0.4 is 9.64 Å². The highest BCUT2D eigenvalue weighted by atomic mass is 19.1. The molecule has 1 saturated carbocycles. The third-order valence-corrected chi connectivity index (χ3v) is 7.95. The molecule has 3 aromatic heterocycles. The van der Waals surface area contributed by atoms with Gasteiger partial charge in [0.2, 0.25) is 0 Å². The number of piperidine rings is 1. The number of ether oxygens (including phenoxy) is 1. The lowest BCUT2D eigenvalue weighted by Crippen LogP contribution is -2.45. The van der Waals surface area contributed by atoms with Crippen LogP contribution in [0.1, 0.15) is 58.2 Å². The number of benzene rings is 1. The maximum absolute atomic E-state index is 14.1. The molecule has 4 aromatic rings. The predicted octanol–water partition coefficient (Wildman–Crippen LogP) is 4.53. The molecule has 40 heavy (non-hydrogen) atoms. The second-order valence-electron chi connectivity index (χ2n) is 11.4. The molecule has 11 heteroatoms. The van der Waals surface area contributed by atoms with E-state index < -0.39 is 22.8 Å². The molecule has 6 rings (SSSR count). The van der Waals surface area contributed by atoms with E-state index in [1.165, 1.54) is 32.9 Å². The van der Waals surface area contributed by atoms with Crippen LogP contribution in [0, 0.1) is 11.6 Å². The Bertz CT molecular complexity index is 1560. The van der Waals surface area contributed by atoms with Gasteiger partial charge in [0.05, 0.1) is 35.2 Å². The minimum Gasteiger partial charge on any atom is -0.487 e. The number of fused-ring (bicyclic) bond motifs is 1. The number of aliphatic hydroxyl groups is 2. The monoisotopic (exact) mass is 550 g/mol. The summed E-state index contributed by atoms with van der Waals surface area (Å²) < 4.78 is 35.3. The van der Waals surface area contributed by atoms with E-state index in [0.717, 1.165) is 24.5 Å². The minimum absolute atomic E-state index is 0.0393. The lowest BCUT2D eigenvalue weighted by Gasteiger charge is -2.35. The van der Waals surface area contributed by atoms with Crippen LogP contribution in [0.25, 0.3) is 22.3 Å². The average Bonchev–Trinajstić information content (AvgIpc) is 3.65. The van der Waals surface area contributed by atoms with Crippen molar-refractivity contribution in [3.63, 3.8) is 0 Å². The normalized spacial score (nSPS) is 18.2. The molecule has 1 atom stereocenters. The minimum atomic E-state index is -1.61. The van der Waals surface area contributed by atoms with Crippen LogP contribution in [-0.4, -0.2) is 59.7 Å². The van der Waals surface area contributed by atoms with Crippen LogP contribution in [0.3, 0.4) is 0 Å². The summed E-state index contributed by atoms with van der Waals surface area (Å²) in [6.45, 7) is 5.74. The van der Waals surface area contributed by atoms with Crippen LogP contribution >= 0.6 is 0 Å². The van der Waals surface area contributed by atoms with Gasteiger partial charge in [-0.25, -0.2) is 18.7 Å². The molecule has 2 fully saturated rings. The Morgan fingerprint density at radius 1 is 0.950 bits per heavy atom. The SMILES string of the molecule is CC(C)(O)[C@](C)(O)c1cc2nc(N3CCC(Oc4ccc(F)cc4F)CC3)c(-c3cnn(C4CC4)c3)nc2cn1. The fourth-order valence-corrected chi connectivity index (χ4v) is 4.88. The molecule has 9 nitrogen and oxygen atoms in total. The largest absolute Gasteiger partial charge is 0.487 e. The van der Waals surface area contributed by atoms with E-state index in [0.29, 0.717) is 54.5 Å². The molecule has 1 aliphatic carbocycles. The van der Waals surface area contributed by atoms with Crippen molar-refractivity contribution in [3.05, 3.63) is 60.2 Å². The van der Waals surface area contributed by atoms with Gasteiger partial charge >= 0.3 is 0 Å². The molecular formula is C29H32F2N6O3. The van der Waals surface area contributed by atoms with Gasteiger partial charge in [0.1, 0.15) is 28.7 Å². The molecule has 1 aliphatic heterocycles. The van der Waals surface area contributed by atoms with Crippen LogP contribution in [0.5, 0.6) is 5.75 Å². The zero-order chi connectivity index (χ0) is 28.2. The second-order valence-corrected chi connectivity index (χ2v) is 11.4. The first-order valence-electron chi connectivity index (χ1n) is 13.5. The average molecular weight is 551 g/mol. The van der Waals surface area contributed by atoms with Gasteiger partial charge in [-0.3, -0.25) is 9.67 Å². The molecule has 0 bridgehead atoms. The number of hydrogen-bond donors (Lipinski definition) is 2. The van der Waals surface area contributed by atoms with E-state index in [9.17, 15) is 19.0 Å². The van der Waals surface area contributed by atoms with Crippen LogP contribution in [0.4, 0.5) is 14.6 Å². The summed E-state index contributed by atoms with van der Waals surface area (Å²) in [5.41, 5.74) is -0.156. The topological polar surface area (TPSA) is 109 Å². The Balaban J connectivity index is 1.33. The second kappa shape index (κ2) is 9.74. The van der Waals surface area contributed by atoms with Crippen molar-refractivity contribution in [2.24, 2.45) is 0 Å². The van der Waals surface area contributed by atoms with Gasteiger partial charge in [0, 0.05) is 43.8 Å². The summed E-state index contributed by atoms with van der Waals surface area (Å²) in [6.07, 6.45) is 8.53. The van der Waals surface area contributed by atoms with Gasteiger partial charge < -0.3 is 19.8 Å². The fraction of sp³-hybridized carbons (Fsp3) is 0.448. The van der Waals surface area contributed by atoms with Gasteiger partial charge in [0.15, 0.2) is 17.4 Å². The van der Waals surface area contributed by atoms with Crippen LogP contribution in [0.15, 0.2) is 42.9 Å². The maximum atomic E-state index is 14.1. The number of nitrogens with zero attached hydrogens (tertiary/aromatic N) is 6. The van der Waals surface area contributed by atoms with Gasteiger partial charge in [0.25, 0.3) is 0 Å². The van der Waals surface area contributed by atoms with Gasteiger partial charge in [-0.1, -0.05) is 0 Å². The number of anilines is 1. The third-order valence-electron chi connectivity index (χ3n) is 7.95. The fourth-order valence-electron chi connectivity index (χ4n) is 4.88. The standard InChI is InChI=1S/C29H32F2N6O3/c1-28(2,38)29(3,39)25-13-22-23(15-32-25)34-26(17-14-33-37(16-17)19-5-6-19)27(35-22)36-10-8-20(9-11-36)40-24-7-4-18(30)12-21(24)31/h4,7,12-16,19-20,38-39H,5-6,8-11H2,1-3H3/t29-/m1/s1. The summed E-state index contributed by atoms with van der Waals surface area (Å²) >= 11 is 0. The van der Waals surface area contributed by atoms with Gasteiger partial charge in [-0.05, 0) is 51.8 Å². The Kier molecular flexibility index (Phi) is 6.46. The molecule has 1 aromatic carbocycles. The highest BCUT2D eigenvalue weighted by Gasteiger charge is 2.41. The summed E-state index contributed by atoms with van der Waals surface area (Å²) in [6, 6.07) is 5.40. The number of aromatic nitrogens is 5.